The SMILES string of the molecule is O=c1[nH]nc(N=Cc2ccc(-c3ccccc3)cc2)c2c1[nH]c1ccc(OCc3ccccc3)cc12. The Hall–Kier alpha value is -4.97. The van der Waals surface area contributed by atoms with Crippen molar-refractivity contribution in [2.75, 3.05) is 0 Å². The zero-order chi connectivity index (χ0) is 24.3. The molecule has 0 fully saturated rings. The van der Waals surface area contributed by atoms with Gasteiger partial charge in [0, 0.05) is 17.1 Å². The summed E-state index contributed by atoms with van der Waals surface area (Å²) in [6.07, 6.45) is 1.75. The number of ether oxygens (including phenoxy) is 1. The molecule has 6 aromatic rings. The molecule has 174 valence electrons. The highest BCUT2D eigenvalue weighted by molar-refractivity contribution is 6.12. The first-order chi connectivity index (χ1) is 17.7. The highest BCUT2D eigenvalue weighted by Gasteiger charge is 2.14. The lowest BCUT2D eigenvalue weighted by Gasteiger charge is -2.06. The number of fused-ring (bicyclic) bond motifs is 3. The normalized spacial score (nSPS) is 11.4. The van der Waals surface area contributed by atoms with E-state index in [4.69, 9.17) is 4.74 Å². The third kappa shape index (κ3) is 4.28. The van der Waals surface area contributed by atoms with E-state index in [-0.39, 0.29) is 5.56 Å². The molecule has 0 aliphatic heterocycles. The topological polar surface area (TPSA) is 83.1 Å². The van der Waals surface area contributed by atoms with Crippen LogP contribution in [0.15, 0.2) is 113 Å². The van der Waals surface area contributed by atoms with Gasteiger partial charge >= 0.3 is 0 Å². The minimum Gasteiger partial charge on any atom is -0.489 e. The summed E-state index contributed by atoms with van der Waals surface area (Å²) in [5.74, 6) is 1.14. The fraction of sp³-hybridized carbons (Fsp3) is 0.0333. The Bertz CT molecular complexity index is 1740. The Kier molecular flexibility index (Phi) is 5.60. The monoisotopic (exact) mass is 470 g/mol. The molecule has 2 aromatic heterocycles. The minimum atomic E-state index is -0.292. The number of aromatic nitrogens is 3. The van der Waals surface area contributed by atoms with E-state index in [2.05, 4.69) is 44.4 Å². The molecule has 0 amide bonds. The third-order valence-electron chi connectivity index (χ3n) is 6.09. The fourth-order valence-corrected chi connectivity index (χ4v) is 4.24. The summed E-state index contributed by atoms with van der Waals surface area (Å²) in [5.41, 5.74) is 5.27. The molecule has 0 saturated carbocycles. The van der Waals surface area contributed by atoms with Crippen molar-refractivity contribution in [3.05, 3.63) is 125 Å². The van der Waals surface area contributed by atoms with E-state index in [1.165, 1.54) is 0 Å². The van der Waals surface area contributed by atoms with Crippen LogP contribution in [0.1, 0.15) is 11.1 Å². The summed E-state index contributed by atoms with van der Waals surface area (Å²) < 4.78 is 6.01. The summed E-state index contributed by atoms with van der Waals surface area (Å²) in [7, 11) is 0. The van der Waals surface area contributed by atoms with Crippen LogP contribution in [0.2, 0.25) is 0 Å². The van der Waals surface area contributed by atoms with E-state index in [0.29, 0.717) is 29.1 Å². The lowest BCUT2D eigenvalue weighted by atomic mass is 10.0. The average Bonchev–Trinajstić information content (AvgIpc) is 3.33. The van der Waals surface area contributed by atoms with Crippen molar-refractivity contribution in [1.29, 1.82) is 0 Å². The molecule has 4 aromatic carbocycles. The molecule has 0 unspecified atom stereocenters. The maximum absolute atomic E-state index is 12.5. The lowest BCUT2D eigenvalue weighted by molar-refractivity contribution is 0.306. The van der Waals surface area contributed by atoms with Crippen LogP contribution in [0.25, 0.3) is 32.9 Å². The van der Waals surface area contributed by atoms with Crippen molar-refractivity contribution in [2.45, 2.75) is 6.61 Å². The molecule has 0 atom stereocenters. The number of hydrogen-bond donors (Lipinski definition) is 2. The zero-order valence-electron chi connectivity index (χ0n) is 19.3. The maximum atomic E-state index is 12.5. The standard InChI is InChI=1S/C30H22N4O2/c35-30-28-27(25-17-24(15-16-26(25)32-28)36-19-21-7-3-1-4-8-21)29(33-34-30)31-18-20-11-13-23(14-12-20)22-9-5-2-6-10-22/h1-18,32H,19H2,(H,34,35). The van der Waals surface area contributed by atoms with Gasteiger partial charge in [0.15, 0.2) is 5.82 Å². The molecule has 6 nitrogen and oxygen atoms in total. The molecule has 0 bridgehead atoms. The number of aliphatic imine (C=N–C) groups is 1. The van der Waals surface area contributed by atoms with Gasteiger partial charge in [-0.25, -0.2) is 10.1 Å². The maximum Gasteiger partial charge on any atom is 0.288 e. The van der Waals surface area contributed by atoms with Gasteiger partial charge in [0.05, 0.1) is 5.39 Å². The second-order valence-corrected chi connectivity index (χ2v) is 8.48. The van der Waals surface area contributed by atoms with Crippen LogP contribution < -0.4 is 10.3 Å². The molecule has 0 radical (unpaired) electrons. The lowest BCUT2D eigenvalue weighted by Crippen LogP contribution is -2.07. The van der Waals surface area contributed by atoms with Crippen molar-refractivity contribution in [3.8, 4) is 16.9 Å². The molecular weight excluding hydrogens is 448 g/mol. The van der Waals surface area contributed by atoms with Crippen molar-refractivity contribution in [3.63, 3.8) is 0 Å². The molecule has 6 rings (SSSR count). The summed E-state index contributed by atoms with van der Waals surface area (Å²) in [5, 5.41) is 8.28. The van der Waals surface area contributed by atoms with Gasteiger partial charge in [0.1, 0.15) is 17.9 Å². The Morgan fingerprint density at radius 3 is 2.33 bits per heavy atom. The Balaban J connectivity index is 1.33. The predicted octanol–water partition coefficient (Wildman–Crippen LogP) is 6.40. The molecule has 0 saturated heterocycles. The van der Waals surface area contributed by atoms with Gasteiger partial charge in [-0.3, -0.25) is 4.79 Å². The van der Waals surface area contributed by atoms with E-state index < -0.39 is 0 Å². The van der Waals surface area contributed by atoms with Gasteiger partial charge in [-0.1, -0.05) is 84.9 Å². The second kappa shape index (κ2) is 9.35. The first kappa shape index (κ1) is 21.6. The molecule has 2 heterocycles. The molecule has 0 spiro atoms. The van der Waals surface area contributed by atoms with Gasteiger partial charge in [-0.15, -0.1) is 0 Å². The third-order valence-corrected chi connectivity index (χ3v) is 6.09. The van der Waals surface area contributed by atoms with E-state index >= 15 is 0 Å². The average molecular weight is 471 g/mol. The summed E-state index contributed by atoms with van der Waals surface area (Å²) >= 11 is 0. The van der Waals surface area contributed by atoms with Crippen LogP contribution in [-0.2, 0) is 6.61 Å². The van der Waals surface area contributed by atoms with Gasteiger partial charge < -0.3 is 9.72 Å². The number of nitrogens with one attached hydrogen (secondary N) is 2. The summed E-state index contributed by atoms with van der Waals surface area (Å²) in [6, 6.07) is 34.1. The van der Waals surface area contributed by atoms with Crippen LogP contribution in [0, 0.1) is 0 Å². The fourth-order valence-electron chi connectivity index (χ4n) is 4.24. The second-order valence-electron chi connectivity index (χ2n) is 8.48. The van der Waals surface area contributed by atoms with Crippen LogP contribution in [0.3, 0.4) is 0 Å². The van der Waals surface area contributed by atoms with E-state index in [1.54, 1.807) is 6.21 Å². The first-order valence-corrected chi connectivity index (χ1v) is 11.6. The highest BCUT2D eigenvalue weighted by Crippen LogP contribution is 2.32. The number of hydrogen-bond acceptors (Lipinski definition) is 4. The van der Waals surface area contributed by atoms with Gasteiger partial charge in [-0.05, 0) is 40.5 Å². The molecule has 6 heteroatoms. The summed E-state index contributed by atoms with van der Waals surface area (Å²) in [4.78, 5) is 20.3. The van der Waals surface area contributed by atoms with Crippen molar-refractivity contribution in [1.82, 2.24) is 15.2 Å². The molecule has 2 N–H and O–H groups in total. The summed E-state index contributed by atoms with van der Waals surface area (Å²) in [6.45, 7) is 0.456. The smallest absolute Gasteiger partial charge is 0.288 e. The van der Waals surface area contributed by atoms with Gasteiger partial charge in [-0.2, -0.15) is 5.10 Å². The molecule has 36 heavy (non-hydrogen) atoms. The van der Waals surface area contributed by atoms with Crippen molar-refractivity contribution in [2.24, 2.45) is 4.99 Å². The molecular formula is C30H22N4O2. The Morgan fingerprint density at radius 1 is 0.833 bits per heavy atom. The van der Waals surface area contributed by atoms with Crippen LogP contribution in [0.5, 0.6) is 5.75 Å². The number of nitrogens with zero attached hydrogens (tertiary/aromatic N) is 2. The minimum absolute atomic E-state index is 0.292. The zero-order valence-corrected chi connectivity index (χ0v) is 19.3. The van der Waals surface area contributed by atoms with E-state index in [9.17, 15) is 4.79 Å². The van der Waals surface area contributed by atoms with Crippen LogP contribution >= 0.6 is 0 Å². The number of H-pyrrole nitrogens is 2. The van der Waals surface area contributed by atoms with Crippen molar-refractivity contribution >= 4 is 33.8 Å². The molecule has 0 aliphatic carbocycles. The number of benzene rings is 4. The van der Waals surface area contributed by atoms with E-state index in [0.717, 1.165) is 33.2 Å². The predicted molar refractivity (Wildman–Crippen MR) is 144 cm³/mol. The quantitative estimate of drug-likeness (QED) is 0.276. The largest absolute Gasteiger partial charge is 0.489 e. The Morgan fingerprint density at radius 2 is 1.56 bits per heavy atom. The van der Waals surface area contributed by atoms with Gasteiger partial charge in [0.2, 0.25) is 0 Å². The number of rotatable bonds is 6. The Labute approximate surface area is 206 Å². The van der Waals surface area contributed by atoms with Crippen LogP contribution in [0.4, 0.5) is 5.82 Å². The first-order valence-electron chi connectivity index (χ1n) is 11.6. The van der Waals surface area contributed by atoms with Gasteiger partial charge in [0.25, 0.3) is 5.56 Å². The van der Waals surface area contributed by atoms with Crippen molar-refractivity contribution < 1.29 is 4.74 Å². The van der Waals surface area contributed by atoms with Crippen LogP contribution in [-0.4, -0.2) is 21.4 Å². The van der Waals surface area contributed by atoms with E-state index in [1.807, 2.05) is 78.9 Å². The highest BCUT2D eigenvalue weighted by atomic mass is 16.5. The molecule has 0 aliphatic rings. The number of aromatic amines is 2.